The van der Waals surface area contributed by atoms with E-state index in [0.29, 0.717) is 11.7 Å². The van der Waals surface area contributed by atoms with Crippen molar-refractivity contribution in [3.05, 3.63) is 82.6 Å². The highest BCUT2D eigenvalue weighted by Gasteiger charge is 2.32. The summed E-state index contributed by atoms with van der Waals surface area (Å²) in [6.45, 7) is 6.28. The first kappa shape index (κ1) is 17.1. The maximum absolute atomic E-state index is 12.8. The summed E-state index contributed by atoms with van der Waals surface area (Å²) in [5.41, 5.74) is 6.11. The Morgan fingerprint density at radius 2 is 1.85 bits per heavy atom. The summed E-state index contributed by atoms with van der Waals surface area (Å²) in [4.78, 5) is 15.2. The van der Waals surface area contributed by atoms with Crippen LogP contribution in [0.4, 0.5) is 0 Å². The van der Waals surface area contributed by atoms with Gasteiger partial charge in [0.15, 0.2) is 5.78 Å². The number of hydrogen-bond acceptors (Lipinski definition) is 2. The number of nitrogens with zero attached hydrogens (tertiary/aromatic N) is 1. The van der Waals surface area contributed by atoms with E-state index in [1.165, 1.54) is 22.3 Å². The Hall–Kier alpha value is -2.35. The number of benzene rings is 2. The fraction of sp³-hybridized carbons (Fsp3) is 0.375. The predicted molar refractivity (Wildman–Crippen MR) is 106 cm³/mol. The fourth-order valence-corrected chi connectivity index (χ4v) is 4.30. The van der Waals surface area contributed by atoms with Gasteiger partial charge in [0.25, 0.3) is 0 Å². The highest BCUT2D eigenvalue weighted by molar-refractivity contribution is 6.02. The molecule has 2 nitrogen and oxygen atoms in total. The molecule has 0 aromatic heterocycles. The maximum atomic E-state index is 12.8. The normalized spacial score (nSPS) is 21.9. The first-order valence-corrected chi connectivity index (χ1v) is 9.71. The third-order valence-electron chi connectivity index (χ3n) is 5.99. The number of aryl methyl sites for hydroxylation is 2. The van der Waals surface area contributed by atoms with Crippen LogP contribution in [0.15, 0.2) is 54.7 Å². The van der Waals surface area contributed by atoms with Crippen LogP contribution < -0.4 is 0 Å². The first-order valence-electron chi connectivity index (χ1n) is 9.71. The van der Waals surface area contributed by atoms with Crippen molar-refractivity contribution in [2.75, 3.05) is 6.54 Å². The van der Waals surface area contributed by atoms with Crippen LogP contribution in [0, 0.1) is 25.7 Å². The molecular formula is C24H27NO. The molecule has 0 N–H and O–H groups in total. The van der Waals surface area contributed by atoms with Gasteiger partial charge in [-0.15, -0.1) is 0 Å². The zero-order valence-electron chi connectivity index (χ0n) is 15.7. The highest BCUT2D eigenvalue weighted by Crippen LogP contribution is 2.34. The predicted octanol–water partition coefficient (Wildman–Crippen LogP) is 5.08. The van der Waals surface area contributed by atoms with E-state index < -0.39 is 0 Å². The molecule has 2 unspecified atom stereocenters. The topological polar surface area (TPSA) is 20.3 Å². The minimum absolute atomic E-state index is 0.168. The van der Waals surface area contributed by atoms with Gasteiger partial charge in [0.2, 0.25) is 0 Å². The van der Waals surface area contributed by atoms with Gasteiger partial charge in [-0.05, 0) is 73.5 Å². The van der Waals surface area contributed by atoms with Crippen LogP contribution in [-0.2, 0) is 13.0 Å². The van der Waals surface area contributed by atoms with Crippen molar-refractivity contribution < 1.29 is 4.79 Å². The second-order valence-corrected chi connectivity index (χ2v) is 7.94. The van der Waals surface area contributed by atoms with Gasteiger partial charge in [-0.2, -0.15) is 0 Å². The third kappa shape index (κ3) is 3.46. The molecule has 0 saturated heterocycles. The van der Waals surface area contributed by atoms with Crippen LogP contribution >= 0.6 is 0 Å². The molecule has 2 aromatic carbocycles. The summed E-state index contributed by atoms with van der Waals surface area (Å²) in [7, 11) is 0. The molecule has 1 heterocycles. The molecule has 0 spiro atoms. The van der Waals surface area contributed by atoms with Gasteiger partial charge < -0.3 is 4.90 Å². The molecular weight excluding hydrogens is 318 g/mol. The lowest BCUT2D eigenvalue weighted by atomic mass is 9.88. The van der Waals surface area contributed by atoms with E-state index in [2.05, 4.69) is 73.5 Å². The lowest BCUT2D eigenvalue weighted by Crippen LogP contribution is -2.26. The molecule has 1 aliphatic heterocycles. The summed E-state index contributed by atoms with van der Waals surface area (Å²) in [6, 6.07) is 14.9. The second-order valence-electron chi connectivity index (χ2n) is 7.94. The zero-order chi connectivity index (χ0) is 18.1. The smallest absolute Gasteiger partial charge is 0.166 e. The Kier molecular flexibility index (Phi) is 4.67. The van der Waals surface area contributed by atoms with Crippen molar-refractivity contribution >= 4 is 5.78 Å². The van der Waals surface area contributed by atoms with Crippen molar-refractivity contribution in [1.29, 1.82) is 0 Å². The zero-order valence-corrected chi connectivity index (χ0v) is 15.7. The number of fused-ring (bicyclic) bond motifs is 1. The van der Waals surface area contributed by atoms with Crippen molar-refractivity contribution in [3.63, 3.8) is 0 Å². The molecule has 4 rings (SSSR count). The van der Waals surface area contributed by atoms with Crippen molar-refractivity contribution in [2.24, 2.45) is 11.8 Å². The molecule has 0 saturated carbocycles. The van der Waals surface area contributed by atoms with E-state index in [1.54, 1.807) is 0 Å². The summed E-state index contributed by atoms with van der Waals surface area (Å²) in [6.07, 6.45) is 7.61. The lowest BCUT2D eigenvalue weighted by Gasteiger charge is -2.29. The van der Waals surface area contributed by atoms with Crippen LogP contribution in [0.5, 0.6) is 0 Å². The molecule has 134 valence electrons. The third-order valence-corrected chi connectivity index (χ3v) is 5.99. The van der Waals surface area contributed by atoms with Gasteiger partial charge in [0.1, 0.15) is 0 Å². The maximum Gasteiger partial charge on any atom is 0.166 e. The van der Waals surface area contributed by atoms with E-state index in [9.17, 15) is 4.79 Å². The average molecular weight is 345 g/mol. The Bertz CT molecular complexity index is 837. The van der Waals surface area contributed by atoms with Crippen LogP contribution in [0.25, 0.3) is 0 Å². The standard InChI is InChI=1S/C24H27NO/c1-17-12-21-15-22(24(26)23(21)13-18(17)2)14-19-8-10-25(11-9-19)16-20-6-4-3-5-7-20/h3-8,10,12-13,19,22H,9,11,14-16H2,1-2H3. The number of rotatable bonds is 4. The highest BCUT2D eigenvalue weighted by atomic mass is 16.1. The Morgan fingerprint density at radius 3 is 2.58 bits per heavy atom. The van der Waals surface area contributed by atoms with Gasteiger partial charge in [0, 0.05) is 24.6 Å². The average Bonchev–Trinajstić information content (AvgIpc) is 2.93. The summed E-state index contributed by atoms with van der Waals surface area (Å²) in [5, 5.41) is 0. The second kappa shape index (κ2) is 7.11. The van der Waals surface area contributed by atoms with Gasteiger partial charge in [-0.1, -0.05) is 42.5 Å². The Labute approximate surface area is 156 Å². The monoisotopic (exact) mass is 345 g/mol. The summed E-state index contributed by atoms with van der Waals surface area (Å²) in [5.74, 6) is 1.05. The molecule has 26 heavy (non-hydrogen) atoms. The van der Waals surface area contributed by atoms with E-state index in [0.717, 1.165) is 37.9 Å². The molecule has 2 atom stereocenters. The molecule has 0 amide bonds. The van der Waals surface area contributed by atoms with E-state index in [1.807, 2.05) is 0 Å². The first-order chi connectivity index (χ1) is 12.6. The molecule has 2 heteroatoms. The number of carbonyl (C=O) groups excluding carboxylic acids is 1. The lowest BCUT2D eigenvalue weighted by molar-refractivity contribution is 0.0920. The molecule has 0 fully saturated rings. The van der Waals surface area contributed by atoms with Crippen molar-refractivity contribution in [2.45, 2.75) is 39.7 Å². The van der Waals surface area contributed by atoms with Gasteiger partial charge in [0.05, 0.1) is 0 Å². The van der Waals surface area contributed by atoms with Crippen LogP contribution in [0.1, 0.15) is 45.5 Å². The summed E-state index contributed by atoms with van der Waals surface area (Å²) >= 11 is 0. The quantitative estimate of drug-likeness (QED) is 0.770. The van der Waals surface area contributed by atoms with Gasteiger partial charge >= 0.3 is 0 Å². The van der Waals surface area contributed by atoms with Crippen molar-refractivity contribution in [3.8, 4) is 0 Å². The number of carbonyl (C=O) groups is 1. The van der Waals surface area contributed by atoms with Crippen LogP contribution in [0.2, 0.25) is 0 Å². The molecule has 0 bridgehead atoms. The number of allylic oxidation sites excluding steroid dienone is 1. The van der Waals surface area contributed by atoms with Gasteiger partial charge in [-0.3, -0.25) is 4.79 Å². The van der Waals surface area contributed by atoms with Crippen LogP contribution in [-0.4, -0.2) is 17.2 Å². The minimum atomic E-state index is 0.168. The number of hydrogen-bond donors (Lipinski definition) is 0. The van der Waals surface area contributed by atoms with E-state index >= 15 is 0 Å². The Balaban J connectivity index is 1.37. The molecule has 2 aliphatic rings. The van der Waals surface area contributed by atoms with Crippen molar-refractivity contribution in [1.82, 2.24) is 4.90 Å². The van der Waals surface area contributed by atoms with E-state index in [4.69, 9.17) is 0 Å². The minimum Gasteiger partial charge on any atom is -0.373 e. The largest absolute Gasteiger partial charge is 0.373 e. The fourth-order valence-electron chi connectivity index (χ4n) is 4.30. The summed E-state index contributed by atoms with van der Waals surface area (Å²) < 4.78 is 0. The van der Waals surface area contributed by atoms with Gasteiger partial charge in [-0.25, -0.2) is 0 Å². The Morgan fingerprint density at radius 1 is 1.08 bits per heavy atom. The van der Waals surface area contributed by atoms with E-state index in [-0.39, 0.29) is 5.92 Å². The molecule has 0 radical (unpaired) electrons. The number of ketones is 1. The van der Waals surface area contributed by atoms with Crippen LogP contribution in [0.3, 0.4) is 0 Å². The molecule has 1 aliphatic carbocycles. The molecule has 2 aromatic rings. The SMILES string of the molecule is Cc1cc2c(cc1C)C(=O)C(CC1C=CN(Cc3ccccc3)CC1)C2. The number of Topliss-reactive ketones (excluding diaryl/α,β-unsaturated/α-hetero) is 1.